The van der Waals surface area contributed by atoms with Gasteiger partial charge in [-0.25, -0.2) is 15.0 Å². The first-order valence-corrected chi connectivity index (χ1v) is 20.0. The summed E-state index contributed by atoms with van der Waals surface area (Å²) in [5, 5.41) is 6.82. The van der Waals surface area contributed by atoms with Gasteiger partial charge >= 0.3 is 0 Å². The maximum Gasteiger partial charge on any atom is 0.164 e. The average Bonchev–Trinajstić information content (AvgIpc) is 3.87. The van der Waals surface area contributed by atoms with Crippen LogP contribution < -0.4 is 0 Å². The molecule has 12 rings (SSSR count). The van der Waals surface area contributed by atoms with E-state index in [1.54, 1.807) is 6.20 Å². The van der Waals surface area contributed by atoms with Crippen LogP contribution in [0.2, 0.25) is 0 Å². The van der Waals surface area contributed by atoms with Crippen molar-refractivity contribution >= 4 is 54.5 Å². The van der Waals surface area contributed by atoms with Gasteiger partial charge in [-0.15, -0.1) is 0 Å². The Bertz CT molecular complexity index is 3610. The third kappa shape index (κ3) is 5.57. The number of furan rings is 1. The first kappa shape index (κ1) is 33.9. The molecule has 0 saturated carbocycles. The molecule has 0 N–H and O–H groups in total. The Kier molecular flexibility index (Phi) is 7.74. The molecule has 0 spiro atoms. The average molecular weight is 768 g/mol. The Morgan fingerprint density at radius 3 is 1.95 bits per heavy atom. The van der Waals surface area contributed by atoms with E-state index in [1.165, 1.54) is 38.2 Å². The molecule has 6 nitrogen and oxygen atoms in total. The predicted molar refractivity (Wildman–Crippen MR) is 244 cm³/mol. The molecule has 12 aromatic rings. The molecule has 0 amide bonds. The van der Waals surface area contributed by atoms with Gasteiger partial charge in [0.2, 0.25) is 0 Å². The highest BCUT2D eigenvalue weighted by Gasteiger charge is 2.20. The number of aromatic nitrogens is 5. The second-order valence-electron chi connectivity index (χ2n) is 15.1. The van der Waals surface area contributed by atoms with Gasteiger partial charge in [0, 0.05) is 61.7 Å². The molecule has 4 aromatic heterocycles. The normalized spacial score (nSPS) is 11.7. The lowest BCUT2D eigenvalue weighted by molar-refractivity contribution is 0.668. The Labute approximate surface area is 344 Å². The van der Waals surface area contributed by atoms with E-state index in [1.807, 2.05) is 60.8 Å². The third-order valence-corrected chi connectivity index (χ3v) is 11.5. The smallest absolute Gasteiger partial charge is 0.164 e. The number of fused-ring (bicyclic) bond motifs is 8. The van der Waals surface area contributed by atoms with Crippen LogP contribution in [0.25, 0.3) is 117 Å². The monoisotopic (exact) mass is 767 g/mol. The van der Waals surface area contributed by atoms with Gasteiger partial charge in [-0.1, -0.05) is 146 Å². The van der Waals surface area contributed by atoms with E-state index in [0.717, 1.165) is 61.0 Å². The molecular formula is C54H33N5O. The Hall–Kier alpha value is -8.22. The van der Waals surface area contributed by atoms with Gasteiger partial charge in [0.25, 0.3) is 0 Å². The van der Waals surface area contributed by atoms with Gasteiger partial charge in [0.1, 0.15) is 11.2 Å². The van der Waals surface area contributed by atoms with Crippen LogP contribution in [0.15, 0.2) is 205 Å². The number of benzene rings is 8. The predicted octanol–water partition coefficient (Wildman–Crippen LogP) is 13.8. The maximum atomic E-state index is 6.25. The van der Waals surface area contributed by atoms with Crippen LogP contribution in [0.4, 0.5) is 0 Å². The third-order valence-electron chi connectivity index (χ3n) is 11.5. The van der Waals surface area contributed by atoms with E-state index in [4.69, 9.17) is 19.4 Å². The lowest BCUT2D eigenvalue weighted by Gasteiger charge is -2.14. The summed E-state index contributed by atoms with van der Waals surface area (Å²) in [6, 6.07) is 65.9. The number of hydrogen-bond acceptors (Lipinski definition) is 5. The van der Waals surface area contributed by atoms with Crippen molar-refractivity contribution < 1.29 is 4.42 Å². The van der Waals surface area contributed by atoms with Crippen LogP contribution >= 0.6 is 0 Å². The fourth-order valence-corrected chi connectivity index (χ4v) is 8.70. The quantitative estimate of drug-likeness (QED) is 0.168. The van der Waals surface area contributed by atoms with Crippen LogP contribution in [-0.4, -0.2) is 24.5 Å². The second-order valence-corrected chi connectivity index (χ2v) is 15.1. The van der Waals surface area contributed by atoms with Crippen molar-refractivity contribution in [2.75, 3.05) is 0 Å². The summed E-state index contributed by atoms with van der Waals surface area (Å²) in [6.07, 6.45) is 3.59. The molecule has 0 fully saturated rings. The second kappa shape index (κ2) is 13.7. The zero-order valence-corrected chi connectivity index (χ0v) is 32.2. The largest absolute Gasteiger partial charge is 0.456 e. The molecule has 0 aliphatic rings. The molecule has 0 aliphatic carbocycles. The van der Waals surface area contributed by atoms with E-state index >= 15 is 0 Å². The number of nitrogens with zero attached hydrogens (tertiary/aromatic N) is 5. The highest BCUT2D eigenvalue weighted by molar-refractivity contribution is 6.19. The molecule has 0 aliphatic heterocycles. The summed E-state index contributed by atoms with van der Waals surface area (Å²) in [4.78, 5) is 19.7. The highest BCUT2D eigenvalue weighted by Crippen LogP contribution is 2.40. The molecule has 8 aromatic carbocycles. The number of pyridine rings is 1. The molecule has 4 heterocycles. The Morgan fingerprint density at radius 2 is 1.08 bits per heavy atom. The van der Waals surface area contributed by atoms with E-state index in [-0.39, 0.29) is 0 Å². The fraction of sp³-hybridized carbons (Fsp3) is 0. The summed E-state index contributed by atoms with van der Waals surface area (Å²) < 4.78 is 8.68. The van der Waals surface area contributed by atoms with E-state index in [9.17, 15) is 0 Å². The topological polar surface area (TPSA) is 69.6 Å². The zero-order valence-electron chi connectivity index (χ0n) is 32.2. The van der Waals surface area contributed by atoms with Crippen molar-refractivity contribution in [3.8, 4) is 62.1 Å². The minimum Gasteiger partial charge on any atom is -0.456 e. The van der Waals surface area contributed by atoms with Crippen LogP contribution in [0.3, 0.4) is 0 Å². The SMILES string of the molecule is c1ccc(-c2ccc3c(c2)c2ccc4ccccc4c2n3-c2cccc(-c3ccccc3-c3nc(-c4ccccc4)nc(-c4ccc5c(c4)oc4ccncc45)n3)c2)cc1. The Balaban J connectivity index is 1.04. The standard InChI is InChI=1S/C54H33N5O/c1-3-12-34(13-4-1)37-24-27-48-46(31-37)44-26-22-35-14-7-8-20-42(35)51(44)59(48)40-18-11-17-38(30-40)41-19-9-10-21-45(41)54-57-52(36-15-5-2-6-16-36)56-53(58-54)39-23-25-43-47-33-55-29-28-49(47)60-50(43)32-39/h1-33H. The van der Waals surface area contributed by atoms with Crippen molar-refractivity contribution in [3.63, 3.8) is 0 Å². The highest BCUT2D eigenvalue weighted by atomic mass is 16.3. The maximum absolute atomic E-state index is 6.25. The van der Waals surface area contributed by atoms with Gasteiger partial charge in [-0.05, 0) is 70.1 Å². The minimum absolute atomic E-state index is 0.565. The van der Waals surface area contributed by atoms with Crippen LogP contribution in [0, 0.1) is 0 Å². The van der Waals surface area contributed by atoms with Crippen molar-refractivity contribution in [1.82, 2.24) is 24.5 Å². The summed E-state index contributed by atoms with van der Waals surface area (Å²) >= 11 is 0. The molecule has 60 heavy (non-hydrogen) atoms. The lowest BCUT2D eigenvalue weighted by atomic mass is 9.98. The molecule has 6 heteroatoms. The number of rotatable bonds is 6. The lowest BCUT2D eigenvalue weighted by Crippen LogP contribution is -2.01. The van der Waals surface area contributed by atoms with E-state index in [0.29, 0.717) is 17.5 Å². The first-order chi connectivity index (χ1) is 29.7. The first-order valence-electron chi connectivity index (χ1n) is 20.0. The van der Waals surface area contributed by atoms with E-state index in [2.05, 4.69) is 143 Å². The Morgan fingerprint density at radius 1 is 0.383 bits per heavy atom. The van der Waals surface area contributed by atoms with Gasteiger partial charge in [0.15, 0.2) is 17.5 Å². The van der Waals surface area contributed by atoms with Crippen molar-refractivity contribution in [2.45, 2.75) is 0 Å². The van der Waals surface area contributed by atoms with Crippen LogP contribution in [0.5, 0.6) is 0 Å². The van der Waals surface area contributed by atoms with Crippen LogP contribution in [0.1, 0.15) is 0 Å². The molecule has 0 atom stereocenters. The minimum atomic E-state index is 0.565. The van der Waals surface area contributed by atoms with Gasteiger partial charge in [0.05, 0.1) is 11.0 Å². The van der Waals surface area contributed by atoms with Crippen molar-refractivity contribution in [3.05, 3.63) is 200 Å². The molecule has 0 radical (unpaired) electrons. The van der Waals surface area contributed by atoms with E-state index < -0.39 is 0 Å². The molecule has 0 saturated heterocycles. The molecule has 280 valence electrons. The van der Waals surface area contributed by atoms with Crippen molar-refractivity contribution in [2.24, 2.45) is 0 Å². The summed E-state index contributed by atoms with van der Waals surface area (Å²) in [7, 11) is 0. The summed E-state index contributed by atoms with van der Waals surface area (Å²) in [5.41, 5.74) is 12.1. The molecular weight excluding hydrogens is 735 g/mol. The van der Waals surface area contributed by atoms with Gasteiger partial charge < -0.3 is 8.98 Å². The summed E-state index contributed by atoms with van der Waals surface area (Å²) in [5.74, 6) is 1.75. The van der Waals surface area contributed by atoms with Crippen LogP contribution in [-0.2, 0) is 0 Å². The molecule has 0 unspecified atom stereocenters. The summed E-state index contributed by atoms with van der Waals surface area (Å²) in [6.45, 7) is 0. The fourth-order valence-electron chi connectivity index (χ4n) is 8.70. The van der Waals surface area contributed by atoms with Gasteiger partial charge in [-0.3, -0.25) is 4.98 Å². The van der Waals surface area contributed by atoms with Gasteiger partial charge in [-0.2, -0.15) is 0 Å². The molecule has 0 bridgehead atoms. The number of hydrogen-bond donors (Lipinski definition) is 0. The van der Waals surface area contributed by atoms with Crippen molar-refractivity contribution in [1.29, 1.82) is 0 Å². The zero-order chi connectivity index (χ0) is 39.6.